The Hall–Kier alpha value is -1.93. The minimum atomic E-state index is -3.17. The molecule has 0 aromatic carbocycles. The van der Waals surface area contributed by atoms with Crippen LogP contribution < -0.4 is 4.72 Å². The fourth-order valence-corrected chi connectivity index (χ4v) is 6.23. The van der Waals surface area contributed by atoms with Crippen LogP contribution in [0.3, 0.4) is 0 Å². The Labute approximate surface area is 158 Å². The van der Waals surface area contributed by atoms with Crippen LogP contribution in [-0.2, 0) is 15.4 Å². The van der Waals surface area contributed by atoms with Gasteiger partial charge in [-0.1, -0.05) is 6.92 Å². The van der Waals surface area contributed by atoms with Crippen LogP contribution in [0.2, 0.25) is 0 Å². The van der Waals surface area contributed by atoms with Gasteiger partial charge in [-0.15, -0.1) is 0 Å². The summed E-state index contributed by atoms with van der Waals surface area (Å²) in [6.07, 6.45) is 10.7. The third-order valence-electron chi connectivity index (χ3n) is 6.47. The normalized spacial score (nSPS) is 29.6. The predicted molar refractivity (Wildman–Crippen MR) is 104 cm³/mol. The first-order valence-electron chi connectivity index (χ1n) is 9.63. The molecule has 0 bridgehead atoms. The van der Waals surface area contributed by atoms with Crippen LogP contribution in [0.15, 0.2) is 24.7 Å². The smallest absolute Gasteiger partial charge is 0.214 e. The second-order valence-corrected chi connectivity index (χ2v) is 10.7. The molecule has 2 fully saturated rings. The molecule has 5 rings (SSSR count). The van der Waals surface area contributed by atoms with E-state index in [1.807, 2.05) is 18.5 Å². The minimum absolute atomic E-state index is 0.0461. The summed E-state index contributed by atoms with van der Waals surface area (Å²) in [5, 5.41) is -0.171. The molecule has 7 nitrogen and oxygen atoms in total. The number of hydrogen-bond acceptors (Lipinski definition) is 4. The van der Waals surface area contributed by atoms with Gasteiger partial charge in [-0.3, -0.25) is 4.40 Å². The van der Waals surface area contributed by atoms with Crippen molar-refractivity contribution in [3.63, 3.8) is 0 Å². The van der Waals surface area contributed by atoms with Crippen LogP contribution in [0.4, 0.5) is 0 Å². The number of nitrogens with one attached hydrogen (secondary N) is 2. The Bertz CT molecular complexity index is 1120. The van der Waals surface area contributed by atoms with Crippen molar-refractivity contribution < 1.29 is 8.42 Å². The van der Waals surface area contributed by atoms with E-state index in [2.05, 4.69) is 37.9 Å². The first kappa shape index (κ1) is 17.2. The standard InChI is InChI=1S/C19H25N5O2S/c1-18(6-8-19(2,9-7-18)23-27(25,26)13-3-4-13)15-11-21-16-12-22-17-14(24(15)16)5-10-20-17/h5,10-13,20,23H,3-4,6-9H2,1-2H3. The van der Waals surface area contributed by atoms with E-state index >= 15 is 0 Å². The van der Waals surface area contributed by atoms with Crippen LogP contribution in [-0.4, -0.2) is 38.6 Å². The fraction of sp³-hybridized carbons (Fsp3) is 0.579. The molecular weight excluding hydrogens is 362 g/mol. The SMILES string of the molecule is CC1(NS(=O)(=O)C2CC2)CCC(C)(c2cnc3cnc4[nH]ccc4n23)CC1. The van der Waals surface area contributed by atoms with Crippen molar-refractivity contribution in [1.29, 1.82) is 0 Å². The first-order chi connectivity index (χ1) is 12.8. The molecule has 0 unspecified atom stereocenters. The number of sulfonamides is 1. The highest BCUT2D eigenvalue weighted by atomic mass is 32.2. The molecule has 2 N–H and O–H groups in total. The molecule has 0 radical (unpaired) electrons. The Morgan fingerprint density at radius 1 is 1.15 bits per heavy atom. The van der Waals surface area contributed by atoms with Gasteiger partial charge in [0.05, 0.1) is 17.0 Å². The minimum Gasteiger partial charge on any atom is -0.345 e. The quantitative estimate of drug-likeness (QED) is 0.720. The predicted octanol–water partition coefficient (Wildman–Crippen LogP) is 2.88. The van der Waals surface area contributed by atoms with Gasteiger partial charge >= 0.3 is 0 Å². The highest BCUT2D eigenvalue weighted by Gasteiger charge is 2.45. The maximum Gasteiger partial charge on any atom is 0.214 e. The summed E-state index contributed by atoms with van der Waals surface area (Å²) < 4.78 is 30.0. The van der Waals surface area contributed by atoms with E-state index in [1.165, 1.54) is 5.69 Å². The highest BCUT2D eigenvalue weighted by Crippen LogP contribution is 2.44. The molecule has 0 saturated heterocycles. The summed E-state index contributed by atoms with van der Waals surface area (Å²) in [5.41, 5.74) is 3.51. The number of nitrogens with zero attached hydrogens (tertiary/aromatic N) is 3. The summed E-state index contributed by atoms with van der Waals surface area (Å²) in [6, 6.07) is 2.03. The van der Waals surface area contributed by atoms with E-state index in [9.17, 15) is 8.42 Å². The molecule has 0 spiro atoms. The number of H-pyrrole nitrogens is 1. The lowest BCUT2D eigenvalue weighted by atomic mass is 9.68. The zero-order valence-corrected chi connectivity index (χ0v) is 16.5. The molecule has 0 amide bonds. The lowest BCUT2D eigenvalue weighted by Gasteiger charge is -2.43. The molecule has 8 heteroatoms. The van der Waals surface area contributed by atoms with Gasteiger partial charge in [0, 0.05) is 29.0 Å². The van der Waals surface area contributed by atoms with Crippen molar-refractivity contribution in [2.75, 3.05) is 0 Å². The van der Waals surface area contributed by atoms with Crippen LogP contribution in [0.1, 0.15) is 58.1 Å². The second-order valence-electron chi connectivity index (χ2n) is 8.77. The van der Waals surface area contributed by atoms with Gasteiger partial charge in [0.1, 0.15) is 0 Å². The van der Waals surface area contributed by atoms with Crippen molar-refractivity contribution in [2.45, 2.75) is 68.6 Å². The number of rotatable bonds is 4. The molecule has 3 aromatic heterocycles. The summed E-state index contributed by atoms with van der Waals surface area (Å²) in [6.45, 7) is 4.32. The van der Waals surface area contributed by atoms with Crippen LogP contribution >= 0.6 is 0 Å². The van der Waals surface area contributed by atoms with Gasteiger partial charge in [-0.25, -0.2) is 23.1 Å². The van der Waals surface area contributed by atoms with Gasteiger partial charge in [0.15, 0.2) is 11.3 Å². The molecule has 2 saturated carbocycles. The third-order valence-corrected chi connectivity index (χ3v) is 8.60. The van der Waals surface area contributed by atoms with Crippen molar-refractivity contribution in [3.05, 3.63) is 30.4 Å². The summed E-state index contributed by atoms with van der Waals surface area (Å²) in [5.74, 6) is 0. The molecule has 27 heavy (non-hydrogen) atoms. The third kappa shape index (κ3) is 2.77. The lowest BCUT2D eigenvalue weighted by molar-refractivity contribution is 0.207. The topological polar surface area (TPSA) is 92.2 Å². The van der Waals surface area contributed by atoms with E-state index in [0.717, 1.165) is 55.3 Å². The zero-order valence-electron chi connectivity index (χ0n) is 15.7. The Morgan fingerprint density at radius 3 is 2.59 bits per heavy atom. The lowest BCUT2D eigenvalue weighted by Crippen LogP contribution is -2.51. The van der Waals surface area contributed by atoms with Crippen molar-refractivity contribution in [3.8, 4) is 0 Å². The largest absolute Gasteiger partial charge is 0.345 e. The molecule has 144 valence electrons. The molecular formula is C19H25N5O2S. The van der Waals surface area contributed by atoms with Crippen LogP contribution in [0.5, 0.6) is 0 Å². The van der Waals surface area contributed by atoms with Gasteiger partial charge in [0.25, 0.3) is 0 Å². The van der Waals surface area contributed by atoms with E-state index in [0.29, 0.717) is 0 Å². The fourth-order valence-electron chi connectivity index (χ4n) is 4.41. The Balaban J connectivity index is 1.45. The van der Waals surface area contributed by atoms with Crippen molar-refractivity contribution in [2.24, 2.45) is 0 Å². The van der Waals surface area contributed by atoms with Gasteiger partial charge in [-0.2, -0.15) is 0 Å². The van der Waals surface area contributed by atoms with Crippen molar-refractivity contribution in [1.82, 2.24) is 24.1 Å². The summed E-state index contributed by atoms with van der Waals surface area (Å²) in [4.78, 5) is 12.2. The maximum absolute atomic E-state index is 12.4. The van der Waals surface area contributed by atoms with Crippen molar-refractivity contribution >= 4 is 26.8 Å². The van der Waals surface area contributed by atoms with E-state index < -0.39 is 10.0 Å². The average Bonchev–Trinajstić information content (AvgIpc) is 3.23. The monoisotopic (exact) mass is 387 g/mol. The maximum atomic E-state index is 12.4. The zero-order chi connectivity index (χ0) is 18.9. The molecule has 0 aliphatic heterocycles. The van der Waals surface area contributed by atoms with Crippen LogP contribution in [0.25, 0.3) is 16.8 Å². The molecule has 2 aliphatic rings. The van der Waals surface area contributed by atoms with Gasteiger partial charge in [-0.05, 0) is 51.5 Å². The highest BCUT2D eigenvalue weighted by molar-refractivity contribution is 7.90. The number of hydrogen-bond donors (Lipinski definition) is 2. The number of imidazole rings is 1. The van der Waals surface area contributed by atoms with E-state index in [1.54, 1.807) is 6.20 Å². The molecule has 3 heterocycles. The summed E-state index contributed by atoms with van der Waals surface area (Å²) >= 11 is 0. The van der Waals surface area contributed by atoms with E-state index in [4.69, 9.17) is 0 Å². The Kier molecular flexibility index (Phi) is 3.53. The first-order valence-corrected chi connectivity index (χ1v) is 11.2. The molecule has 3 aromatic rings. The Morgan fingerprint density at radius 2 is 1.89 bits per heavy atom. The van der Waals surface area contributed by atoms with Gasteiger partial charge < -0.3 is 4.98 Å². The number of fused-ring (bicyclic) bond motifs is 3. The number of aromatic nitrogens is 4. The summed E-state index contributed by atoms with van der Waals surface area (Å²) in [7, 11) is -3.17. The molecule has 0 atom stereocenters. The van der Waals surface area contributed by atoms with E-state index in [-0.39, 0.29) is 16.2 Å². The second kappa shape index (κ2) is 5.54. The van der Waals surface area contributed by atoms with Gasteiger partial charge in [0.2, 0.25) is 10.0 Å². The average molecular weight is 388 g/mol. The molecule has 2 aliphatic carbocycles. The van der Waals surface area contributed by atoms with Crippen LogP contribution in [0, 0.1) is 0 Å². The number of aromatic amines is 1.